The van der Waals surface area contributed by atoms with Crippen LogP contribution in [-0.2, 0) is 23.7 Å². The van der Waals surface area contributed by atoms with Crippen molar-refractivity contribution in [2.45, 2.75) is 6.10 Å². The van der Waals surface area contributed by atoms with Crippen molar-refractivity contribution < 1.29 is 38.1 Å². The van der Waals surface area contributed by atoms with Gasteiger partial charge in [0.2, 0.25) is 5.76 Å². The summed E-state index contributed by atoms with van der Waals surface area (Å²) in [5.41, 5.74) is 0.860. The van der Waals surface area contributed by atoms with E-state index in [2.05, 4.69) is 0 Å². The number of carbonyl (C=O) groups is 4. The van der Waals surface area contributed by atoms with Crippen LogP contribution in [0.15, 0.2) is 115 Å². The molecule has 1 atom stereocenters. The summed E-state index contributed by atoms with van der Waals surface area (Å²) in [6.45, 7) is -0.347. The quantitative estimate of drug-likeness (QED) is 0.345. The molecule has 0 radical (unpaired) electrons. The van der Waals surface area contributed by atoms with Crippen molar-refractivity contribution in [3.8, 4) is 0 Å². The van der Waals surface area contributed by atoms with Gasteiger partial charge in [-0.3, -0.25) is 0 Å². The first-order valence-electron chi connectivity index (χ1n) is 10.9. The topological polar surface area (TPSA) is 105 Å². The average molecular weight is 484 g/mol. The van der Waals surface area contributed by atoms with Crippen molar-refractivity contribution in [2.24, 2.45) is 0 Å². The first-order valence-corrected chi connectivity index (χ1v) is 10.9. The highest BCUT2D eigenvalue weighted by Crippen LogP contribution is 2.21. The summed E-state index contributed by atoms with van der Waals surface area (Å²) in [4.78, 5) is 49.5. The summed E-state index contributed by atoms with van der Waals surface area (Å²) >= 11 is 0. The van der Waals surface area contributed by atoms with E-state index in [1.54, 1.807) is 91.0 Å². The minimum absolute atomic E-state index is 0.0301. The molecule has 1 heterocycles. The molecule has 1 aliphatic rings. The largest absolute Gasteiger partial charge is 0.458 e. The summed E-state index contributed by atoms with van der Waals surface area (Å²) in [5, 5.41) is 0. The molecule has 4 rings (SSSR count). The van der Waals surface area contributed by atoms with Crippen LogP contribution in [0.4, 0.5) is 0 Å². The van der Waals surface area contributed by atoms with Crippen LogP contribution in [0.5, 0.6) is 0 Å². The minimum Gasteiger partial charge on any atom is -0.458 e. The fourth-order valence-electron chi connectivity index (χ4n) is 3.16. The Labute approximate surface area is 206 Å². The number of carbonyl (C=O) groups excluding carboxylic acids is 4. The zero-order valence-electron chi connectivity index (χ0n) is 18.9. The first-order chi connectivity index (χ1) is 17.5. The van der Waals surface area contributed by atoms with Gasteiger partial charge in [-0.15, -0.1) is 0 Å². The molecular weight excluding hydrogens is 464 g/mol. The summed E-state index contributed by atoms with van der Waals surface area (Å²) in [6.07, 6.45) is 1.39. The zero-order chi connectivity index (χ0) is 25.3. The smallest absolute Gasteiger partial charge is 0.379 e. The molecule has 0 N–H and O–H groups in total. The van der Waals surface area contributed by atoms with Crippen LogP contribution in [0.3, 0.4) is 0 Å². The van der Waals surface area contributed by atoms with Gasteiger partial charge in [0.15, 0.2) is 6.10 Å². The SMILES string of the molecule is O=C1O/C(=C\C(COC(=O)c2ccccc2)OC(=O)c2ccccc2)C=C1OC(=O)c1ccccc1. The summed E-state index contributed by atoms with van der Waals surface area (Å²) in [7, 11) is 0. The molecular formula is C28H20O8. The van der Waals surface area contributed by atoms with Crippen molar-refractivity contribution in [3.05, 3.63) is 131 Å². The van der Waals surface area contributed by atoms with E-state index in [0.29, 0.717) is 5.56 Å². The van der Waals surface area contributed by atoms with Gasteiger partial charge in [0, 0.05) is 12.2 Å². The molecule has 0 aromatic heterocycles. The number of cyclic esters (lactones) is 1. The van der Waals surface area contributed by atoms with Gasteiger partial charge < -0.3 is 18.9 Å². The van der Waals surface area contributed by atoms with E-state index >= 15 is 0 Å². The summed E-state index contributed by atoms with van der Waals surface area (Å²) < 4.78 is 21.1. The molecule has 0 saturated carbocycles. The highest BCUT2D eigenvalue weighted by Gasteiger charge is 2.28. The van der Waals surface area contributed by atoms with Gasteiger partial charge in [0.05, 0.1) is 16.7 Å². The average Bonchev–Trinajstić information content (AvgIpc) is 3.26. The molecule has 1 unspecified atom stereocenters. The Bertz CT molecular complexity index is 1310. The predicted octanol–water partition coefficient (Wildman–Crippen LogP) is 4.25. The Balaban J connectivity index is 1.50. The normalized spacial score (nSPS) is 14.4. The van der Waals surface area contributed by atoms with E-state index in [4.69, 9.17) is 18.9 Å². The lowest BCUT2D eigenvalue weighted by atomic mass is 10.2. The lowest BCUT2D eigenvalue weighted by molar-refractivity contribution is -0.136. The van der Waals surface area contributed by atoms with Gasteiger partial charge in [0.25, 0.3) is 0 Å². The fraction of sp³-hybridized carbons (Fsp3) is 0.0714. The van der Waals surface area contributed by atoms with Gasteiger partial charge >= 0.3 is 23.9 Å². The Morgan fingerprint density at radius 3 is 1.78 bits per heavy atom. The number of ether oxygens (including phenoxy) is 4. The molecule has 0 saturated heterocycles. The second kappa shape index (κ2) is 11.4. The van der Waals surface area contributed by atoms with Crippen molar-refractivity contribution in [2.75, 3.05) is 6.61 Å². The molecule has 3 aromatic carbocycles. The van der Waals surface area contributed by atoms with Crippen molar-refractivity contribution >= 4 is 23.9 Å². The van der Waals surface area contributed by atoms with Gasteiger partial charge in [-0.2, -0.15) is 0 Å². The van der Waals surface area contributed by atoms with Crippen LogP contribution in [0, 0.1) is 0 Å². The number of rotatable bonds is 8. The van der Waals surface area contributed by atoms with E-state index in [1.165, 1.54) is 12.2 Å². The first kappa shape index (κ1) is 24.2. The molecule has 0 amide bonds. The number of esters is 4. The maximum Gasteiger partial charge on any atom is 0.379 e. The maximum atomic E-state index is 12.6. The molecule has 0 spiro atoms. The minimum atomic E-state index is -1.10. The molecule has 3 aromatic rings. The third-order valence-electron chi connectivity index (χ3n) is 4.90. The number of allylic oxidation sites excluding steroid dienone is 1. The molecule has 1 aliphatic heterocycles. The molecule has 36 heavy (non-hydrogen) atoms. The fourth-order valence-corrected chi connectivity index (χ4v) is 3.16. The lowest BCUT2D eigenvalue weighted by Crippen LogP contribution is -2.24. The standard InChI is InChI=1S/C28H20O8/c29-25(19-10-4-1-5-11-19)33-18-23(35-26(30)20-12-6-2-7-13-20)16-22-17-24(28(32)34-22)36-27(31)21-14-8-3-9-15-21/h1-17,23H,18H2/b22-16-. The van der Waals surface area contributed by atoms with E-state index in [-0.39, 0.29) is 29.3 Å². The molecule has 0 bridgehead atoms. The van der Waals surface area contributed by atoms with Gasteiger partial charge in [-0.1, -0.05) is 54.6 Å². The van der Waals surface area contributed by atoms with Crippen LogP contribution in [0.2, 0.25) is 0 Å². The molecule has 8 heteroatoms. The van der Waals surface area contributed by atoms with Gasteiger partial charge in [-0.25, -0.2) is 19.2 Å². The van der Waals surface area contributed by atoms with Crippen LogP contribution in [-0.4, -0.2) is 36.6 Å². The predicted molar refractivity (Wildman–Crippen MR) is 126 cm³/mol. The van der Waals surface area contributed by atoms with Crippen LogP contribution in [0.25, 0.3) is 0 Å². The van der Waals surface area contributed by atoms with E-state index in [0.717, 1.165) is 0 Å². The Morgan fingerprint density at radius 2 is 1.22 bits per heavy atom. The highest BCUT2D eigenvalue weighted by molar-refractivity contribution is 5.97. The van der Waals surface area contributed by atoms with Crippen molar-refractivity contribution in [1.29, 1.82) is 0 Å². The third kappa shape index (κ3) is 6.32. The second-order valence-corrected chi connectivity index (χ2v) is 7.50. The summed E-state index contributed by atoms with van der Waals surface area (Å²) in [5.74, 6) is -3.27. The van der Waals surface area contributed by atoms with Crippen LogP contribution < -0.4 is 0 Å². The molecule has 180 valence electrons. The third-order valence-corrected chi connectivity index (χ3v) is 4.90. The number of hydrogen-bond donors (Lipinski definition) is 0. The number of benzene rings is 3. The van der Waals surface area contributed by atoms with Crippen LogP contribution >= 0.6 is 0 Å². The molecule has 0 fully saturated rings. The van der Waals surface area contributed by atoms with Crippen LogP contribution in [0.1, 0.15) is 31.1 Å². The Kier molecular flexibility index (Phi) is 7.67. The molecule has 8 nitrogen and oxygen atoms in total. The Morgan fingerprint density at radius 1 is 0.722 bits per heavy atom. The zero-order valence-corrected chi connectivity index (χ0v) is 18.9. The monoisotopic (exact) mass is 484 g/mol. The summed E-state index contributed by atoms with van der Waals surface area (Å²) in [6, 6.07) is 24.7. The Hall–Kier alpha value is -4.98. The highest BCUT2D eigenvalue weighted by atomic mass is 16.6. The van der Waals surface area contributed by atoms with Crippen molar-refractivity contribution in [1.82, 2.24) is 0 Å². The van der Waals surface area contributed by atoms with E-state index in [1.807, 2.05) is 0 Å². The van der Waals surface area contributed by atoms with E-state index < -0.39 is 30.0 Å². The van der Waals surface area contributed by atoms with Crippen molar-refractivity contribution in [3.63, 3.8) is 0 Å². The lowest BCUT2D eigenvalue weighted by Gasteiger charge is -2.15. The molecule has 0 aliphatic carbocycles. The van der Waals surface area contributed by atoms with Gasteiger partial charge in [0.1, 0.15) is 12.4 Å². The second-order valence-electron chi connectivity index (χ2n) is 7.50. The number of hydrogen-bond acceptors (Lipinski definition) is 8. The van der Waals surface area contributed by atoms with E-state index in [9.17, 15) is 19.2 Å². The maximum absolute atomic E-state index is 12.6. The van der Waals surface area contributed by atoms with Gasteiger partial charge in [-0.05, 0) is 36.4 Å².